The Morgan fingerprint density at radius 2 is 0.783 bits per heavy atom. The monoisotopic (exact) mass is 774 g/mol. The summed E-state index contributed by atoms with van der Waals surface area (Å²) in [4.78, 5) is 0. The summed E-state index contributed by atoms with van der Waals surface area (Å²) in [5, 5.41) is 10.6. The number of halogens is 2. The van der Waals surface area contributed by atoms with Crippen molar-refractivity contribution in [1.82, 2.24) is 0 Å². The van der Waals surface area contributed by atoms with Gasteiger partial charge in [-0.1, -0.05) is 122 Å². The minimum atomic E-state index is -1.59. The van der Waals surface area contributed by atoms with Crippen molar-refractivity contribution in [1.29, 1.82) is 0 Å². The molecule has 0 amide bonds. The number of rotatable bonds is 2. The van der Waals surface area contributed by atoms with Gasteiger partial charge in [0.1, 0.15) is 0 Å². The topological polar surface area (TPSA) is 0 Å². The van der Waals surface area contributed by atoms with Crippen LogP contribution in [0.2, 0.25) is 11.5 Å². The van der Waals surface area contributed by atoms with Crippen LogP contribution >= 0.6 is 17.0 Å². The van der Waals surface area contributed by atoms with Gasteiger partial charge in [-0.05, 0) is 32.7 Å². The molecule has 0 aliphatic heterocycles. The minimum absolute atomic E-state index is 0.735. The second kappa shape index (κ2) is 14.9. The van der Waals surface area contributed by atoms with Gasteiger partial charge in [-0.15, -0.1) is 69.1 Å². The number of hydrogen-bond acceptors (Lipinski definition) is 0. The third kappa shape index (κ3) is 7.29. The Morgan fingerprint density at radius 3 is 1.17 bits per heavy atom. The average molecular weight is 775 g/mol. The molecule has 0 aliphatic carbocycles. The summed E-state index contributed by atoms with van der Waals surface area (Å²) < 4.78 is 0. The van der Waals surface area contributed by atoms with Crippen LogP contribution in [-0.2, 0) is 16.2 Å². The molecule has 0 N–H and O–H groups in total. The fraction of sp³-hybridized carbons (Fsp3) is 0.0952. The van der Waals surface area contributed by atoms with Gasteiger partial charge in [-0.3, -0.25) is 0 Å². The number of aryl methyl sites for hydroxylation is 2. The van der Waals surface area contributed by atoms with Crippen molar-refractivity contribution < 1.29 is 16.2 Å². The van der Waals surface area contributed by atoms with Crippen LogP contribution in [0.15, 0.2) is 146 Å². The van der Waals surface area contributed by atoms with E-state index in [4.69, 9.17) is 17.0 Å². The second-order valence-electron chi connectivity index (χ2n) is 12.0. The third-order valence-corrected chi connectivity index (χ3v) is 42.8. The summed E-state index contributed by atoms with van der Waals surface area (Å²) in [6, 6.07) is 52.5. The fourth-order valence-corrected chi connectivity index (χ4v) is 6.16. The van der Waals surface area contributed by atoms with E-state index in [0.29, 0.717) is 0 Å². The van der Waals surface area contributed by atoms with E-state index in [0.717, 1.165) is 0 Å². The van der Waals surface area contributed by atoms with Crippen molar-refractivity contribution in [2.24, 2.45) is 0 Å². The predicted octanol–water partition coefficient (Wildman–Crippen LogP) is 13.5. The normalized spacial score (nSPS) is 10.8. The molecule has 8 aromatic rings. The van der Waals surface area contributed by atoms with Gasteiger partial charge in [0.2, 0.25) is 0 Å². The maximum atomic E-state index is 5.65. The first-order chi connectivity index (χ1) is 22.3. The van der Waals surface area contributed by atoms with Gasteiger partial charge in [0.15, 0.2) is 0 Å². The van der Waals surface area contributed by atoms with E-state index in [1.165, 1.54) is 76.5 Å². The second-order valence-corrected chi connectivity index (χ2v) is 49.9. The van der Waals surface area contributed by atoms with Gasteiger partial charge in [0, 0.05) is 0 Å². The fourth-order valence-electron chi connectivity index (χ4n) is 6.16. The molecule has 0 spiro atoms. The first-order valence-corrected chi connectivity index (χ1v) is 33.5. The van der Waals surface area contributed by atoms with Gasteiger partial charge in [0.25, 0.3) is 0 Å². The van der Waals surface area contributed by atoms with Crippen LogP contribution < -0.4 is 0 Å². The molecule has 0 atom stereocenters. The van der Waals surface area contributed by atoms with Gasteiger partial charge in [-0.25, -0.2) is 0 Å². The van der Waals surface area contributed by atoms with Crippen LogP contribution in [0.1, 0.15) is 11.1 Å². The third-order valence-electron chi connectivity index (χ3n) is 8.33. The molecule has 228 valence electrons. The standard InChI is InChI=1S/2C20H15.C2H6Ge.2ClH.Zr/c2*1-14-12-16-8-5-11-19(20(16)13-14)18-10-4-7-15-6-2-3-9-17(15)18;1-3-2;;;/h2*2-13H,1H3;1-2H3;2*1H;/q2*-1;;;;+2/p-2. The Labute approximate surface area is 288 Å². The molecule has 4 heteroatoms. The zero-order chi connectivity index (χ0) is 32.2. The van der Waals surface area contributed by atoms with E-state index in [1.807, 2.05) is 0 Å². The molecule has 8 rings (SSSR count). The predicted molar refractivity (Wildman–Crippen MR) is 204 cm³/mol. The van der Waals surface area contributed by atoms with Crippen molar-refractivity contribution >= 4 is 70.1 Å². The van der Waals surface area contributed by atoms with Gasteiger partial charge in [0.05, 0.1) is 0 Å². The Balaban J connectivity index is 0.000000138. The Kier molecular flexibility index (Phi) is 10.7. The number of fused-ring (bicyclic) bond motifs is 4. The SMILES string of the molecule is Cc1cc2c(-c3cccc4ccccc34)cccc2[cH-]1.Cc1cc2c(-c3cccc4ccccc34)cccc2[cH-]1.[CH3][Ge]([CH3])=[Zr]([Cl])[Cl]. The summed E-state index contributed by atoms with van der Waals surface area (Å²) in [5.41, 5.74) is 7.94. The van der Waals surface area contributed by atoms with Crippen LogP contribution in [0.25, 0.3) is 65.3 Å². The molecule has 0 radical (unpaired) electrons. The van der Waals surface area contributed by atoms with Crippen LogP contribution in [0.5, 0.6) is 0 Å². The average Bonchev–Trinajstić information content (AvgIpc) is 3.65. The first kappa shape index (κ1) is 33.0. The molecule has 0 aromatic heterocycles. The van der Waals surface area contributed by atoms with Crippen molar-refractivity contribution in [3.63, 3.8) is 0 Å². The summed E-state index contributed by atoms with van der Waals surface area (Å²) in [6.07, 6.45) is 0. The van der Waals surface area contributed by atoms with Crippen molar-refractivity contribution in [3.05, 3.63) is 157 Å². The molecular formula is C42H36Cl2GeZr-2. The molecule has 0 aliphatic rings. The van der Waals surface area contributed by atoms with Crippen molar-refractivity contribution in [2.45, 2.75) is 25.4 Å². The van der Waals surface area contributed by atoms with Crippen LogP contribution in [0.3, 0.4) is 0 Å². The van der Waals surface area contributed by atoms with Crippen LogP contribution in [0, 0.1) is 13.8 Å². The Bertz CT molecular complexity index is 2160. The Hall–Kier alpha value is -2.93. The van der Waals surface area contributed by atoms with E-state index < -0.39 is 26.2 Å². The first-order valence-electron chi connectivity index (χ1n) is 15.6. The summed E-state index contributed by atoms with van der Waals surface area (Å²) in [7, 11) is 10.6. The van der Waals surface area contributed by atoms with Crippen molar-refractivity contribution in [2.75, 3.05) is 0 Å². The van der Waals surface area contributed by atoms with Gasteiger partial charge >= 0.3 is 54.8 Å². The summed E-state index contributed by atoms with van der Waals surface area (Å²) in [5.74, 6) is 4.46. The molecule has 0 saturated carbocycles. The van der Waals surface area contributed by atoms with E-state index in [9.17, 15) is 0 Å². The van der Waals surface area contributed by atoms with Crippen molar-refractivity contribution in [3.8, 4) is 22.3 Å². The molecule has 0 saturated heterocycles. The molecule has 8 aromatic carbocycles. The van der Waals surface area contributed by atoms with E-state index in [-0.39, 0.29) is 0 Å². The molecule has 46 heavy (non-hydrogen) atoms. The summed E-state index contributed by atoms with van der Waals surface area (Å²) >= 11 is -1.59. The summed E-state index contributed by atoms with van der Waals surface area (Å²) in [6.45, 7) is 4.32. The molecule has 0 unspecified atom stereocenters. The maximum absolute atomic E-state index is 5.65. The van der Waals surface area contributed by atoms with Crippen LogP contribution in [-0.4, -0.2) is 9.98 Å². The van der Waals surface area contributed by atoms with E-state index >= 15 is 0 Å². The molecule has 0 bridgehead atoms. The number of hydrogen-bond donors (Lipinski definition) is 0. The molecule has 0 nitrogen and oxygen atoms in total. The zero-order valence-electron chi connectivity index (χ0n) is 26.6. The zero-order valence-corrected chi connectivity index (χ0v) is 32.7. The molecule has 0 heterocycles. The van der Waals surface area contributed by atoms with Gasteiger partial charge < -0.3 is 0 Å². The quantitative estimate of drug-likeness (QED) is 0.121. The van der Waals surface area contributed by atoms with E-state index in [1.54, 1.807) is 0 Å². The van der Waals surface area contributed by atoms with Gasteiger partial charge in [-0.2, -0.15) is 12.1 Å². The number of benzene rings is 6. The molecular weight excluding hydrogens is 739 g/mol. The Morgan fingerprint density at radius 1 is 0.457 bits per heavy atom. The van der Waals surface area contributed by atoms with Crippen LogP contribution in [0.4, 0.5) is 0 Å². The van der Waals surface area contributed by atoms with E-state index in [2.05, 4.69) is 171 Å². The molecule has 0 fully saturated rings.